The lowest BCUT2D eigenvalue weighted by Gasteiger charge is -2.58. The van der Waals surface area contributed by atoms with E-state index in [9.17, 15) is 4.79 Å². The Morgan fingerprint density at radius 3 is 2.50 bits per heavy atom. The summed E-state index contributed by atoms with van der Waals surface area (Å²) in [5.41, 5.74) is 6.50. The molecule has 42 heavy (non-hydrogen) atoms. The van der Waals surface area contributed by atoms with Gasteiger partial charge in [-0.15, -0.1) is 0 Å². The Hall–Kier alpha value is -1.43. The summed E-state index contributed by atoms with van der Waals surface area (Å²) in [4.78, 5) is 11.8. The molecule has 0 aromatic rings. The minimum absolute atomic E-state index is 0.0157. The molecule has 5 aliphatic rings. The van der Waals surface area contributed by atoms with E-state index in [1.165, 1.54) is 88.3 Å². The van der Waals surface area contributed by atoms with Crippen molar-refractivity contribution in [2.24, 2.45) is 51.4 Å². The zero-order valence-corrected chi connectivity index (χ0v) is 28.3. The highest BCUT2D eigenvalue weighted by atomic mass is 32.1. The third-order valence-electron chi connectivity index (χ3n) is 12.7. The molecule has 6 heteroatoms. The summed E-state index contributed by atoms with van der Waals surface area (Å²) < 4.78 is 5.75. The van der Waals surface area contributed by atoms with Crippen molar-refractivity contribution in [1.29, 1.82) is 0 Å². The summed E-state index contributed by atoms with van der Waals surface area (Å²) in [6.45, 7) is 14.0. The van der Waals surface area contributed by atoms with Gasteiger partial charge in [-0.2, -0.15) is 5.10 Å². The van der Waals surface area contributed by atoms with E-state index in [4.69, 9.17) is 22.1 Å². The first-order valence-electron chi connectivity index (χ1n) is 17.5. The van der Waals surface area contributed by atoms with Crippen molar-refractivity contribution in [2.75, 3.05) is 0 Å². The number of fused-ring (bicyclic) bond motifs is 5. The molecule has 5 nitrogen and oxygen atoms in total. The third-order valence-corrected chi connectivity index (χ3v) is 12.9. The summed E-state index contributed by atoms with van der Waals surface area (Å²) >= 11 is 5.77. The molecule has 0 bridgehead atoms. The van der Waals surface area contributed by atoms with Gasteiger partial charge in [0, 0.05) is 25.3 Å². The van der Waals surface area contributed by atoms with E-state index < -0.39 is 0 Å². The van der Waals surface area contributed by atoms with Crippen molar-refractivity contribution in [1.82, 2.24) is 10.7 Å². The first-order chi connectivity index (χ1) is 20.0. The predicted octanol–water partition coefficient (Wildman–Crippen LogP) is 8.72. The maximum Gasteiger partial charge on any atom is 0.302 e. The number of hydrogen-bond acceptors (Lipinski definition) is 4. The number of nitrogens with zero attached hydrogens (tertiary/aromatic N) is 1. The van der Waals surface area contributed by atoms with Crippen molar-refractivity contribution >= 4 is 29.0 Å². The Labute approximate surface area is 261 Å². The molecule has 8 atom stereocenters. The molecule has 236 valence electrons. The van der Waals surface area contributed by atoms with E-state index in [2.05, 4.69) is 51.4 Å². The average molecular weight is 598 g/mol. The molecular formula is C36H59N3O2S. The standard InChI is InChI=1S/C36H59N3O2S/c1-23(2)11-10-12-24(3)29-15-16-30-33-31(18-20-36(29,30)6)35(5)19-17-28(41-25(4)40)21-26(35)22-32(33)38-39-34(42)37-27-13-8-7-9-14-27/h22-24,27-31,33H,7-21H2,1-6H3,(H2,37,39,42)/b38-32+/t24-,28+,29-,30+,31+,33+,35+,36-/m1/s1. The van der Waals surface area contributed by atoms with E-state index >= 15 is 0 Å². The van der Waals surface area contributed by atoms with Crippen LogP contribution >= 0.6 is 12.2 Å². The highest BCUT2D eigenvalue weighted by Crippen LogP contribution is 2.67. The van der Waals surface area contributed by atoms with Gasteiger partial charge in [0.1, 0.15) is 6.10 Å². The largest absolute Gasteiger partial charge is 0.462 e. The Kier molecular flexibility index (Phi) is 10.1. The molecule has 2 N–H and O–H groups in total. The van der Waals surface area contributed by atoms with E-state index in [-0.39, 0.29) is 17.5 Å². The van der Waals surface area contributed by atoms with Crippen LogP contribution in [0.1, 0.15) is 138 Å². The minimum Gasteiger partial charge on any atom is -0.462 e. The number of hydrogen-bond donors (Lipinski definition) is 2. The van der Waals surface area contributed by atoms with Crippen LogP contribution < -0.4 is 10.7 Å². The maximum absolute atomic E-state index is 11.8. The van der Waals surface area contributed by atoms with Crippen LogP contribution in [0.5, 0.6) is 0 Å². The second kappa shape index (κ2) is 13.3. The lowest BCUT2D eigenvalue weighted by atomic mass is 9.46. The van der Waals surface area contributed by atoms with E-state index in [1.54, 1.807) is 6.92 Å². The zero-order valence-electron chi connectivity index (χ0n) is 27.5. The smallest absolute Gasteiger partial charge is 0.302 e. The minimum atomic E-state index is -0.166. The summed E-state index contributed by atoms with van der Waals surface area (Å²) in [6.07, 6.45) is 20.9. The second-order valence-corrected chi connectivity index (χ2v) is 16.2. The number of rotatable bonds is 8. The van der Waals surface area contributed by atoms with Crippen molar-refractivity contribution in [2.45, 2.75) is 150 Å². The molecule has 0 aromatic heterocycles. The molecule has 0 spiro atoms. The number of thiocarbonyl (C=S) groups is 1. The number of esters is 1. The van der Waals surface area contributed by atoms with Crippen molar-refractivity contribution in [3.63, 3.8) is 0 Å². The normalized spacial score (nSPS) is 38.2. The van der Waals surface area contributed by atoms with Gasteiger partial charge < -0.3 is 10.1 Å². The van der Waals surface area contributed by atoms with Gasteiger partial charge in [0.05, 0.1) is 5.71 Å². The molecule has 0 amide bonds. The fraction of sp³-hybridized carbons (Fsp3) is 0.861. The SMILES string of the molecule is CC(=O)O[C@H]1CC[C@@]2(C)C(=C/C(=N\NC(=S)NC3CCCCC3)[C@H]3[C@@H]4CC[C@H]([C@H](C)CCCC(C)C)[C@@]4(C)CC[C@@H]32)C1. The fourth-order valence-corrected chi connectivity index (χ4v) is 10.6. The van der Waals surface area contributed by atoms with Crippen LogP contribution in [0.3, 0.4) is 0 Å². The Bertz CT molecular complexity index is 1050. The molecule has 0 radical (unpaired) electrons. The zero-order chi connectivity index (χ0) is 30.1. The Morgan fingerprint density at radius 1 is 1.02 bits per heavy atom. The number of carbonyl (C=O) groups excluding carboxylic acids is 1. The van der Waals surface area contributed by atoms with Crippen molar-refractivity contribution in [3.05, 3.63) is 11.6 Å². The number of ether oxygens (including phenoxy) is 1. The molecular weight excluding hydrogens is 538 g/mol. The molecule has 0 unspecified atom stereocenters. The van der Waals surface area contributed by atoms with Crippen LogP contribution in [0, 0.1) is 46.3 Å². The van der Waals surface area contributed by atoms with E-state index in [0.29, 0.717) is 34.3 Å². The molecule has 0 aliphatic heterocycles. The monoisotopic (exact) mass is 597 g/mol. The summed E-state index contributed by atoms with van der Waals surface area (Å²) in [7, 11) is 0. The maximum atomic E-state index is 11.8. The quantitative estimate of drug-likeness (QED) is 0.166. The highest BCUT2D eigenvalue weighted by molar-refractivity contribution is 7.80. The number of carbonyl (C=O) groups is 1. The molecule has 0 heterocycles. The first kappa shape index (κ1) is 32.0. The number of nitrogens with one attached hydrogen (secondary N) is 2. The van der Waals surface area contributed by atoms with Crippen LogP contribution in [0.25, 0.3) is 0 Å². The number of hydrazone groups is 1. The van der Waals surface area contributed by atoms with Gasteiger partial charge in [0.25, 0.3) is 0 Å². The lowest BCUT2D eigenvalue weighted by Crippen LogP contribution is -2.54. The van der Waals surface area contributed by atoms with Gasteiger partial charge in [0.2, 0.25) is 0 Å². The molecule has 5 rings (SSSR count). The molecule has 4 saturated carbocycles. The molecule has 0 aromatic carbocycles. The van der Waals surface area contributed by atoms with Gasteiger partial charge in [-0.25, -0.2) is 0 Å². The van der Waals surface area contributed by atoms with E-state index in [0.717, 1.165) is 37.0 Å². The van der Waals surface area contributed by atoms with Crippen LogP contribution in [-0.2, 0) is 9.53 Å². The van der Waals surface area contributed by atoms with Crippen LogP contribution in [0.2, 0.25) is 0 Å². The fourth-order valence-electron chi connectivity index (χ4n) is 10.4. The van der Waals surface area contributed by atoms with Crippen LogP contribution in [-0.4, -0.2) is 28.9 Å². The molecule has 5 aliphatic carbocycles. The molecule has 4 fully saturated rings. The van der Waals surface area contributed by atoms with Crippen molar-refractivity contribution in [3.8, 4) is 0 Å². The van der Waals surface area contributed by atoms with Gasteiger partial charge >= 0.3 is 5.97 Å². The summed E-state index contributed by atoms with van der Waals surface area (Å²) in [5.74, 6) is 3.92. The van der Waals surface area contributed by atoms with Crippen LogP contribution in [0.4, 0.5) is 0 Å². The first-order valence-corrected chi connectivity index (χ1v) is 17.9. The summed E-state index contributed by atoms with van der Waals surface area (Å²) in [5, 5.41) is 9.38. The lowest BCUT2D eigenvalue weighted by molar-refractivity contribution is -0.148. The van der Waals surface area contributed by atoms with E-state index in [1.807, 2.05) is 0 Å². The Balaban J connectivity index is 1.40. The van der Waals surface area contributed by atoms with Crippen molar-refractivity contribution < 1.29 is 9.53 Å². The average Bonchev–Trinajstić information content (AvgIpc) is 3.29. The topological polar surface area (TPSA) is 62.7 Å². The summed E-state index contributed by atoms with van der Waals surface area (Å²) in [6, 6.07) is 0.466. The molecule has 0 saturated heterocycles. The van der Waals surface area contributed by atoms with Gasteiger partial charge in [-0.05, 0) is 110 Å². The van der Waals surface area contributed by atoms with Gasteiger partial charge in [0.15, 0.2) is 5.11 Å². The predicted molar refractivity (Wildman–Crippen MR) is 177 cm³/mol. The van der Waals surface area contributed by atoms with Gasteiger partial charge in [-0.1, -0.05) is 78.7 Å². The third kappa shape index (κ3) is 6.64. The highest BCUT2D eigenvalue weighted by Gasteiger charge is 2.61. The Morgan fingerprint density at radius 2 is 1.79 bits per heavy atom. The number of allylic oxidation sites excluding steroid dienone is 1. The van der Waals surface area contributed by atoms with Crippen LogP contribution in [0.15, 0.2) is 16.8 Å². The second-order valence-electron chi connectivity index (χ2n) is 15.8. The van der Waals surface area contributed by atoms with Gasteiger partial charge in [-0.3, -0.25) is 10.2 Å².